The lowest BCUT2D eigenvalue weighted by atomic mass is 9.97. The molecule has 0 saturated carbocycles. The van der Waals surface area contributed by atoms with Crippen LogP contribution in [0.25, 0.3) is 0 Å². The number of hydrogen-bond donors (Lipinski definition) is 2. The Labute approximate surface area is 126 Å². The minimum atomic E-state index is -0.623. The third-order valence-electron chi connectivity index (χ3n) is 4.72. The van der Waals surface area contributed by atoms with Gasteiger partial charge in [0.2, 0.25) is 5.91 Å². The van der Waals surface area contributed by atoms with E-state index in [4.69, 9.17) is 0 Å². The number of benzene rings is 1. The molecule has 21 heavy (non-hydrogen) atoms. The number of carbonyl (C=O) groups is 1. The fraction of sp³-hybridized carbons (Fsp3) is 0.588. The number of nitrogens with zero attached hydrogens (tertiary/aromatic N) is 1. The normalized spacial score (nSPS) is 29.2. The highest BCUT2D eigenvalue weighted by Gasteiger charge is 2.31. The van der Waals surface area contributed by atoms with E-state index in [-0.39, 0.29) is 11.9 Å². The van der Waals surface area contributed by atoms with Gasteiger partial charge in [-0.3, -0.25) is 4.79 Å². The van der Waals surface area contributed by atoms with Gasteiger partial charge in [0.25, 0.3) is 0 Å². The molecule has 0 spiro atoms. The van der Waals surface area contributed by atoms with Crippen molar-refractivity contribution >= 4 is 11.6 Å². The molecular weight excluding hydrogens is 264 g/mol. The van der Waals surface area contributed by atoms with Gasteiger partial charge in [-0.2, -0.15) is 0 Å². The molecule has 0 aromatic heterocycles. The predicted octanol–water partition coefficient (Wildman–Crippen LogP) is 2.18. The van der Waals surface area contributed by atoms with E-state index >= 15 is 0 Å². The van der Waals surface area contributed by atoms with Gasteiger partial charge in [-0.25, -0.2) is 0 Å². The molecule has 2 heterocycles. The zero-order valence-corrected chi connectivity index (χ0v) is 12.6. The van der Waals surface area contributed by atoms with Crippen LogP contribution in [0.15, 0.2) is 24.3 Å². The highest BCUT2D eigenvalue weighted by atomic mass is 16.3. The predicted molar refractivity (Wildman–Crippen MR) is 83.2 cm³/mol. The van der Waals surface area contributed by atoms with Gasteiger partial charge in [0.05, 0.1) is 5.60 Å². The minimum absolute atomic E-state index is 0.122. The maximum absolute atomic E-state index is 12.7. The number of aryl methyl sites for hydroxylation is 1. The molecule has 2 aliphatic heterocycles. The summed E-state index contributed by atoms with van der Waals surface area (Å²) >= 11 is 0. The van der Waals surface area contributed by atoms with Crippen molar-refractivity contribution in [2.24, 2.45) is 0 Å². The minimum Gasteiger partial charge on any atom is -0.390 e. The molecule has 1 aromatic carbocycles. The van der Waals surface area contributed by atoms with E-state index < -0.39 is 5.60 Å². The molecular formula is C17H24N2O2. The van der Waals surface area contributed by atoms with Crippen LogP contribution in [0.2, 0.25) is 0 Å². The Morgan fingerprint density at radius 1 is 1.33 bits per heavy atom. The molecule has 4 heteroatoms. The van der Waals surface area contributed by atoms with E-state index in [0.29, 0.717) is 13.0 Å². The van der Waals surface area contributed by atoms with E-state index in [0.717, 1.165) is 37.9 Å². The van der Waals surface area contributed by atoms with Gasteiger partial charge in [-0.05, 0) is 50.7 Å². The Morgan fingerprint density at radius 3 is 3.00 bits per heavy atom. The summed E-state index contributed by atoms with van der Waals surface area (Å²) < 4.78 is 0. The first-order valence-corrected chi connectivity index (χ1v) is 7.91. The van der Waals surface area contributed by atoms with Crippen LogP contribution in [0.5, 0.6) is 0 Å². The number of nitrogens with one attached hydrogen (secondary N) is 1. The first-order valence-electron chi connectivity index (χ1n) is 7.91. The number of amides is 1. The van der Waals surface area contributed by atoms with Gasteiger partial charge in [0, 0.05) is 18.8 Å². The van der Waals surface area contributed by atoms with Crippen molar-refractivity contribution in [3.63, 3.8) is 0 Å². The van der Waals surface area contributed by atoms with Crippen molar-refractivity contribution in [3.05, 3.63) is 29.8 Å². The molecule has 2 unspecified atom stereocenters. The van der Waals surface area contributed by atoms with E-state index in [1.54, 1.807) is 0 Å². The highest BCUT2D eigenvalue weighted by molar-refractivity contribution is 5.85. The monoisotopic (exact) mass is 288 g/mol. The lowest BCUT2D eigenvalue weighted by Crippen LogP contribution is -2.45. The van der Waals surface area contributed by atoms with E-state index in [2.05, 4.69) is 11.4 Å². The molecule has 2 N–H and O–H groups in total. The quantitative estimate of drug-likeness (QED) is 0.833. The summed E-state index contributed by atoms with van der Waals surface area (Å²) in [5.41, 5.74) is 1.76. The van der Waals surface area contributed by atoms with E-state index in [9.17, 15) is 9.90 Å². The van der Waals surface area contributed by atoms with Crippen molar-refractivity contribution in [1.29, 1.82) is 0 Å². The van der Waals surface area contributed by atoms with Crippen molar-refractivity contribution in [3.8, 4) is 0 Å². The summed E-state index contributed by atoms with van der Waals surface area (Å²) in [4.78, 5) is 14.6. The van der Waals surface area contributed by atoms with Gasteiger partial charge in [-0.1, -0.05) is 18.2 Å². The number of aliphatic hydroxyl groups is 1. The number of hydrogen-bond acceptors (Lipinski definition) is 3. The van der Waals surface area contributed by atoms with Crippen LogP contribution in [-0.4, -0.2) is 40.6 Å². The second kappa shape index (κ2) is 5.68. The zero-order chi connectivity index (χ0) is 14.9. The molecule has 1 saturated heterocycles. The highest BCUT2D eigenvalue weighted by Crippen LogP contribution is 2.27. The Balaban J connectivity index is 1.66. The summed E-state index contributed by atoms with van der Waals surface area (Å²) in [6.45, 7) is 3.29. The van der Waals surface area contributed by atoms with Gasteiger partial charge >= 0.3 is 0 Å². The van der Waals surface area contributed by atoms with Crippen molar-refractivity contribution in [1.82, 2.24) is 4.90 Å². The molecule has 1 amide bonds. The lowest BCUT2D eigenvalue weighted by Gasteiger charge is -2.31. The molecule has 1 fully saturated rings. The first kappa shape index (κ1) is 14.4. The molecule has 0 aliphatic carbocycles. The van der Waals surface area contributed by atoms with Gasteiger partial charge < -0.3 is 15.3 Å². The fourth-order valence-corrected chi connectivity index (χ4v) is 3.33. The second-order valence-electron chi connectivity index (χ2n) is 6.57. The summed E-state index contributed by atoms with van der Waals surface area (Å²) in [7, 11) is 0. The van der Waals surface area contributed by atoms with Crippen molar-refractivity contribution < 1.29 is 9.90 Å². The summed E-state index contributed by atoms with van der Waals surface area (Å²) in [5, 5.41) is 13.5. The van der Waals surface area contributed by atoms with Crippen LogP contribution in [-0.2, 0) is 11.2 Å². The van der Waals surface area contributed by atoms with Gasteiger partial charge in [-0.15, -0.1) is 0 Å². The topological polar surface area (TPSA) is 52.6 Å². The Bertz CT molecular complexity index is 527. The smallest absolute Gasteiger partial charge is 0.245 e. The van der Waals surface area contributed by atoms with Gasteiger partial charge in [0.1, 0.15) is 6.04 Å². The zero-order valence-electron chi connectivity index (χ0n) is 12.6. The number of fused-ring (bicyclic) bond motifs is 1. The maximum Gasteiger partial charge on any atom is 0.245 e. The van der Waals surface area contributed by atoms with Crippen LogP contribution in [0.1, 0.15) is 38.2 Å². The fourth-order valence-electron chi connectivity index (χ4n) is 3.33. The Morgan fingerprint density at radius 2 is 2.14 bits per heavy atom. The number of para-hydroxylation sites is 1. The van der Waals surface area contributed by atoms with E-state index in [1.807, 2.05) is 30.0 Å². The summed E-state index contributed by atoms with van der Waals surface area (Å²) in [6, 6.07) is 8.08. The second-order valence-corrected chi connectivity index (χ2v) is 6.57. The van der Waals surface area contributed by atoms with Crippen molar-refractivity contribution in [2.45, 2.75) is 50.7 Å². The molecule has 4 nitrogen and oxygen atoms in total. The standard InChI is InChI=1S/C17H24N2O2/c1-17(21)9-4-11-19(12-10-17)16(20)15-8-7-13-5-2-3-6-14(13)18-15/h2-3,5-6,15,18,21H,4,7-12H2,1H3. The number of likely N-dealkylation sites (tertiary alicyclic amines) is 1. The van der Waals surface area contributed by atoms with Gasteiger partial charge in [0.15, 0.2) is 0 Å². The van der Waals surface area contributed by atoms with Crippen LogP contribution in [0.4, 0.5) is 5.69 Å². The molecule has 114 valence electrons. The van der Waals surface area contributed by atoms with Crippen LogP contribution in [0, 0.1) is 0 Å². The average Bonchev–Trinajstić information content (AvgIpc) is 2.67. The Hall–Kier alpha value is -1.55. The largest absolute Gasteiger partial charge is 0.390 e. The molecule has 2 atom stereocenters. The summed E-state index contributed by atoms with van der Waals surface area (Å²) in [5.74, 6) is 0.183. The molecule has 0 bridgehead atoms. The average molecular weight is 288 g/mol. The van der Waals surface area contributed by atoms with Crippen LogP contribution >= 0.6 is 0 Å². The summed E-state index contributed by atoms with van der Waals surface area (Å²) in [6.07, 6.45) is 4.12. The van der Waals surface area contributed by atoms with E-state index in [1.165, 1.54) is 5.56 Å². The number of anilines is 1. The number of carbonyl (C=O) groups excluding carboxylic acids is 1. The van der Waals surface area contributed by atoms with Crippen LogP contribution < -0.4 is 5.32 Å². The SMILES string of the molecule is CC1(O)CCCN(C(=O)C2CCc3ccccc3N2)CC1. The molecule has 0 radical (unpaired) electrons. The molecule has 1 aromatic rings. The molecule has 2 aliphatic rings. The first-order chi connectivity index (χ1) is 10.1. The third-order valence-corrected chi connectivity index (χ3v) is 4.72. The molecule has 3 rings (SSSR count). The Kier molecular flexibility index (Phi) is 3.89. The number of rotatable bonds is 1. The maximum atomic E-state index is 12.7. The van der Waals surface area contributed by atoms with Crippen LogP contribution in [0.3, 0.4) is 0 Å². The lowest BCUT2D eigenvalue weighted by molar-refractivity contribution is -0.132. The van der Waals surface area contributed by atoms with Crippen molar-refractivity contribution in [2.75, 3.05) is 18.4 Å². The third kappa shape index (κ3) is 3.21.